The second kappa shape index (κ2) is 6.91. The monoisotopic (exact) mass is 394 g/mol. The molecule has 1 aromatic heterocycles. The van der Waals surface area contributed by atoms with E-state index in [1.807, 2.05) is 13.0 Å². The third kappa shape index (κ3) is 3.16. The van der Waals surface area contributed by atoms with E-state index in [4.69, 9.17) is 4.52 Å². The molecule has 2 saturated carbocycles. The molecule has 2 aromatic rings. The fraction of sp³-hybridized carbons (Fsp3) is 0.609. The van der Waals surface area contributed by atoms with E-state index in [2.05, 4.69) is 21.1 Å². The molecule has 0 bridgehead atoms. The predicted octanol–water partition coefficient (Wildman–Crippen LogP) is 4.49. The smallest absolute Gasteiger partial charge is 0.229 e. The first-order chi connectivity index (χ1) is 14.0. The van der Waals surface area contributed by atoms with Gasteiger partial charge in [-0.15, -0.1) is 0 Å². The van der Waals surface area contributed by atoms with E-state index in [0.717, 1.165) is 57.5 Å². The molecule has 2 aliphatic carbocycles. The lowest BCUT2D eigenvalue weighted by molar-refractivity contribution is 0.0722. The molecular weight excluding hydrogens is 367 g/mol. The summed E-state index contributed by atoms with van der Waals surface area (Å²) >= 11 is 0. The van der Waals surface area contributed by atoms with Crippen LogP contribution in [0.3, 0.4) is 0 Å². The van der Waals surface area contributed by atoms with Crippen molar-refractivity contribution in [3.8, 4) is 6.07 Å². The predicted molar refractivity (Wildman–Crippen MR) is 106 cm³/mol. The van der Waals surface area contributed by atoms with Crippen molar-refractivity contribution < 1.29 is 8.91 Å². The maximum absolute atomic E-state index is 14.4. The van der Waals surface area contributed by atoms with E-state index in [0.29, 0.717) is 28.8 Å². The van der Waals surface area contributed by atoms with Crippen molar-refractivity contribution in [1.29, 1.82) is 5.26 Å². The van der Waals surface area contributed by atoms with Gasteiger partial charge in [0, 0.05) is 24.1 Å². The van der Waals surface area contributed by atoms with Gasteiger partial charge in [0.25, 0.3) is 0 Å². The molecule has 5 nitrogen and oxygen atoms in total. The van der Waals surface area contributed by atoms with Crippen molar-refractivity contribution in [2.45, 2.75) is 69.2 Å². The third-order valence-electron chi connectivity index (χ3n) is 7.65. The molecule has 3 fully saturated rings. The summed E-state index contributed by atoms with van der Waals surface area (Å²) in [7, 11) is 0. The van der Waals surface area contributed by atoms with Gasteiger partial charge in [0.1, 0.15) is 5.82 Å². The summed E-state index contributed by atoms with van der Waals surface area (Å²) in [5.74, 6) is 1.68. The van der Waals surface area contributed by atoms with E-state index in [9.17, 15) is 9.65 Å². The Labute approximate surface area is 170 Å². The Bertz CT molecular complexity index is 934. The van der Waals surface area contributed by atoms with Crippen LogP contribution in [0, 0.1) is 29.5 Å². The van der Waals surface area contributed by atoms with Crippen molar-refractivity contribution in [3.63, 3.8) is 0 Å². The lowest BCUT2D eigenvalue weighted by atomic mass is 9.61. The first kappa shape index (κ1) is 18.7. The Balaban J connectivity index is 1.20. The summed E-state index contributed by atoms with van der Waals surface area (Å²) in [6.07, 6.45) is 6.90. The number of aromatic nitrogens is 2. The Hall–Kier alpha value is -2.26. The van der Waals surface area contributed by atoms with Gasteiger partial charge >= 0.3 is 0 Å². The Morgan fingerprint density at radius 2 is 1.97 bits per heavy atom. The van der Waals surface area contributed by atoms with Crippen LogP contribution < -0.4 is 0 Å². The van der Waals surface area contributed by atoms with Crippen molar-refractivity contribution in [1.82, 2.24) is 15.0 Å². The molecule has 3 aliphatic rings. The first-order valence-electron chi connectivity index (χ1n) is 10.7. The van der Waals surface area contributed by atoms with E-state index in [1.165, 1.54) is 12.5 Å². The highest BCUT2D eigenvalue weighted by molar-refractivity contribution is 5.34. The molecule has 1 aromatic carbocycles. The molecule has 6 heteroatoms. The van der Waals surface area contributed by atoms with E-state index < -0.39 is 5.41 Å². The highest BCUT2D eigenvalue weighted by Gasteiger charge is 2.52. The molecule has 2 heterocycles. The van der Waals surface area contributed by atoms with Crippen LogP contribution in [0.25, 0.3) is 0 Å². The van der Waals surface area contributed by atoms with Gasteiger partial charge in [-0.2, -0.15) is 10.2 Å². The first-order valence-corrected chi connectivity index (χ1v) is 10.7. The SMILES string of the molecule is Cc1noc(C2CC3(CCN(C4CCC(C#N)(c5ccccc5F)CC4)C3)C2)n1. The highest BCUT2D eigenvalue weighted by atomic mass is 19.1. The minimum absolute atomic E-state index is 0.246. The van der Waals surface area contributed by atoms with Crippen LogP contribution in [0.1, 0.15) is 68.1 Å². The summed E-state index contributed by atoms with van der Waals surface area (Å²) in [4.78, 5) is 7.03. The van der Waals surface area contributed by atoms with Gasteiger partial charge < -0.3 is 4.52 Å². The van der Waals surface area contributed by atoms with Crippen molar-refractivity contribution >= 4 is 0 Å². The molecule has 5 rings (SSSR count). The number of hydrogen-bond acceptors (Lipinski definition) is 5. The molecular formula is C23H27FN4O. The van der Waals surface area contributed by atoms with Gasteiger partial charge in [-0.05, 0) is 69.9 Å². The molecule has 1 spiro atoms. The topological polar surface area (TPSA) is 66.0 Å². The number of halogens is 1. The summed E-state index contributed by atoms with van der Waals surface area (Å²) in [6.45, 7) is 4.12. The minimum Gasteiger partial charge on any atom is -0.339 e. The van der Waals surface area contributed by atoms with E-state index in [1.54, 1.807) is 12.1 Å². The zero-order valence-electron chi connectivity index (χ0n) is 16.9. The minimum atomic E-state index is -0.670. The zero-order valence-corrected chi connectivity index (χ0v) is 16.9. The molecule has 0 radical (unpaired) electrons. The maximum atomic E-state index is 14.4. The molecule has 1 saturated heterocycles. The molecule has 152 valence electrons. The molecule has 0 unspecified atom stereocenters. The average Bonchev–Trinajstić information content (AvgIpc) is 3.34. The number of aryl methyl sites for hydroxylation is 1. The lowest BCUT2D eigenvalue weighted by Crippen LogP contribution is -2.44. The van der Waals surface area contributed by atoms with Crippen LogP contribution in [0.5, 0.6) is 0 Å². The Kier molecular flexibility index (Phi) is 4.47. The van der Waals surface area contributed by atoms with Gasteiger partial charge in [0.15, 0.2) is 5.82 Å². The lowest BCUT2D eigenvalue weighted by Gasteiger charge is -2.45. The maximum Gasteiger partial charge on any atom is 0.229 e. The third-order valence-corrected chi connectivity index (χ3v) is 7.65. The normalized spacial score (nSPS) is 34.8. The van der Waals surface area contributed by atoms with Crippen LogP contribution in [0.15, 0.2) is 28.8 Å². The van der Waals surface area contributed by atoms with Gasteiger partial charge in [0.05, 0.1) is 11.5 Å². The second-order valence-corrected chi connectivity index (χ2v) is 9.41. The molecule has 0 atom stereocenters. The molecule has 0 amide bonds. The molecule has 29 heavy (non-hydrogen) atoms. The fourth-order valence-electron chi connectivity index (χ4n) is 6.00. The van der Waals surface area contributed by atoms with Crippen molar-refractivity contribution in [2.24, 2.45) is 5.41 Å². The molecule has 1 aliphatic heterocycles. The number of hydrogen-bond donors (Lipinski definition) is 0. The second-order valence-electron chi connectivity index (χ2n) is 9.41. The zero-order chi connectivity index (χ0) is 20.1. The van der Waals surface area contributed by atoms with Crippen LogP contribution in [-0.4, -0.2) is 34.2 Å². The van der Waals surface area contributed by atoms with Crippen LogP contribution >= 0.6 is 0 Å². The van der Waals surface area contributed by atoms with Crippen molar-refractivity contribution in [2.75, 3.05) is 13.1 Å². The number of likely N-dealkylation sites (tertiary alicyclic amines) is 1. The van der Waals surface area contributed by atoms with Gasteiger partial charge in [-0.1, -0.05) is 23.4 Å². The quantitative estimate of drug-likeness (QED) is 0.767. The number of rotatable bonds is 3. The van der Waals surface area contributed by atoms with Gasteiger partial charge in [0.2, 0.25) is 5.89 Å². The summed E-state index contributed by atoms with van der Waals surface area (Å²) in [6, 6.07) is 9.77. The van der Waals surface area contributed by atoms with Crippen LogP contribution in [0.4, 0.5) is 4.39 Å². The standard InChI is InChI=1S/C23H27FN4O/c1-16-26-21(29-27-16)17-12-22(13-17)10-11-28(15-22)18-6-8-23(14-25,9-7-18)19-4-2-3-5-20(19)24/h2-5,17-18H,6-13,15H2,1H3. The summed E-state index contributed by atoms with van der Waals surface area (Å²) < 4.78 is 19.7. The van der Waals surface area contributed by atoms with Crippen LogP contribution in [0.2, 0.25) is 0 Å². The summed E-state index contributed by atoms with van der Waals surface area (Å²) in [5.41, 5.74) is 0.300. The summed E-state index contributed by atoms with van der Waals surface area (Å²) in [5, 5.41) is 13.8. The van der Waals surface area contributed by atoms with E-state index in [-0.39, 0.29) is 5.82 Å². The molecule has 0 N–H and O–H groups in total. The van der Waals surface area contributed by atoms with Gasteiger partial charge in [-0.25, -0.2) is 4.39 Å². The Morgan fingerprint density at radius 3 is 2.62 bits per heavy atom. The van der Waals surface area contributed by atoms with E-state index >= 15 is 0 Å². The largest absolute Gasteiger partial charge is 0.339 e. The van der Waals surface area contributed by atoms with Gasteiger partial charge in [-0.3, -0.25) is 4.90 Å². The van der Waals surface area contributed by atoms with Crippen LogP contribution in [-0.2, 0) is 5.41 Å². The van der Waals surface area contributed by atoms with Crippen molar-refractivity contribution in [3.05, 3.63) is 47.4 Å². The number of nitriles is 1. The Morgan fingerprint density at radius 1 is 1.21 bits per heavy atom. The highest BCUT2D eigenvalue weighted by Crippen LogP contribution is 2.56. The number of benzene rings is 1. The fourth-order valence-corrected chi connectivity index (χ4v) is 6.00. The number of nitrogens with zero attached hydrogens (tertiary/aromatic N) is 4. The average molecular weight is 394 g/mol.